The van der Waals surface area contributed by atoms with Gasteiger partial charge in [-0.1, -0.05) is 23.7 Å². The molecule has 0 fully saturated rings. The largest absolute Gasteiger partial charge is 0.313 e. The second-order valence-corrected chi connectivity index (χ2v) is 3.79. The Balaban J connectivity index is 2.55. The van der Waals surface area contributed by atoms with Crippen molar-refractivity contribution in [2.75, 3.05) is 0 Å². The van der Waals surface area contributed by atoms with Crippen LogP contribution >= 0.6 is 23.2 Å². The van der Waals surface area contributed by atoms with Crippen molar-refractivity contribution in [3.8, 4) is 11.4 Å². The molecular weight excluding hydrogens is 233 g/mol. The number of benzene rings is 1. The van der Waals surface area contributed by atoms with Gasteiger partial charge < -0.3 is 4.57 Å². The zero-order valence-corrected chi connectivity index (χ0v) is 9.63. The lowest BCUT2D eigenvalue weighted by Gasteiger charge is -2.03. The summed E-state index contributed by atoms with van der Waals surface area (Å²) in [5, 5.41) is 8.70. The van der Waals surface area contributed by atoms with E-state index in [-0.39, 0.29) is 0 Å². The molecule has 1 aromatic heterocycles. The summed E-state index contributed by atoms with van der Waals surface area (Å²) in [6, 6.07) is 7.53. The summed E-state index contributed by atoms with van der Waals surface area (Å²) in [7, 11) is 1.87. The smallest absolute Gasteiger partial charge is 0.165 e. The van der Waals surface area contributed by atoms with Gasteiger partial charge in [-0.15, -0.1) is 21.8 Å². The summed E-state index contributed by atoms with van der Waals surface area (Å²) in [6.07, 6.45) is 0. The van der Waals surface area contributed by atoms with Crippen molar-refractivity contribution in [3.63, 3.8) is 0 Å². The minimum absolute atomic E-state index is 0.341. The summed E-state index contributed by atoms with van der Waals surface area (Å²) in [5.41, 5.74) is 0.866. The van der Waals surface area contributed by atoms with Crippen LogP contribution in [0.4, 0.5) is 0 Å². The summed E-state index contributed by atoms with van der Waals surface area (Å²) in [4.78, 5) is 0. The van der Waals surface area contributed by atoms with Crippen molar-refractivity contribution in [1.82, 2.24) is 14.8 Å². The molecule has 2 aromatic rings. The van der Waals surface area contributed by atoms with Crippen LogP contribution in [0.3, 0.4) is 0 Å². The minimum atomic E-state index is 0.341. The maximum atomic E-state index is 6.07. The number of hydrogen-bond acceptors (Lipinski definition) is 2. The molecule has 0 aliphatic rings. The van der Waals surface area contributed by atoms with Crippen molar-refractivity contribution in [1.29, 1.82) is 0 Å². The average molecular weight is 242 g/mol. The lowest BCUT2D eigenvalue weighted by Crippen LogP contribution is -1.97. The summed E-state index contributed by atoms with van der Waals surface area (Å²) in [5.74, 6) is 1.80. The molecule has 1 aromatic carbocycles. The van der Waals surface area contributed by atoms with Gasteiger partial charge in [-0.2, -0.15) is 0 Å². The summed E-state index contributed by atoms with van der Waals surface area (Å²) < 4.78 is 1.84. The Hall–Kier alpha value is -1.06. The average Bonchev–Trinajstić information content (AvgIpc) is 2.60. The van der Waals surface area contributed by atoms with Crippen LogP contribution in [-0.4, -0.2) is 14.8 Å². The van der Waals surface area contributed by atoms with Gasteiger partial charge in [0.25, 0.3) is 0 Å². The first kappa shape index (κ1) is 10.5. The predicted octanol–water partition coefficient (Wildman–Crippen LogP) is 2.87. The molecule has 1 heterocycles. The molecule has 0 bridgehead atoms. The molecular formula is C10H9Cl2N3. The van der Waals surface area contributed by atoms with Crippen molar-refractivity contribution in [3.05, 3.63) is 35.1 Å². The molecule has 0 radical (unpaired) electrons. The van der Waals surface area contributed by atoms with Crippen LogP contribution in [0.25, 0.3) is 11.4 Å². The van der Waals surface area contributed by atoms with Crippen LogP contribution in [0, 0.1) is 0 Å². The highest BCUT2D eigenvalue weighted by molar-refractivity contribution is 6.33. The van der Waals surface area contributed by atoms with Gasteiger partial charge in [-0.05, 0) is 12.1 Å². The first-order chi connectivity index (χ1) is 7.24. The second kappa shape index (κ2) is 4.21. The van der Waals surface area contributed by atoms with Crippen molar-refractivity contribution >= 4 is 23.2 Å². The van der Waals surface area contributed by atoms with Crippen molar-refractivity contribution in [2.24, 2.45) is 7.05 Å². The Morgan fingerprint density at radius 1 is 1.27 bits per heavy atom. The monoisotopic (exact) mass is 241 g/mol. The fourth-order valence-electron chi connectivity index (χ4n) is 1.35. The molecule has 0 saturated heterocycles. The Labute approximate surface area is 97.7 Å². The van der Waals surface area contributed by atoms with Gasteiger partial charge in [-0.25, -0.2) is 0 Å². The van der Waals surface area contributed by atoms with Crippen LogP contribution in [0.2, 0.25) is 5.02 Å². The number of halogens is 2. The fourth-order valence-corrected chi connectivity index (χ4v) is 1.81. The highest BCUT2D eigenvalue weighted by Gasteiger charge is 2.11. The van der Waals surface area contributed by atoms with Crippen LogP contribution in [-0.2, 0) is 12.9 Å². The Bertz CT molecular complexity index is 479. The van der Waals surface area contributed by atoms with Crippen LogP contribution in [0.15, 0.2) is 24.3 Å². The van der Waals surface area contributed by atoms with Gasteiger partial charge in [0, 0.05) is 12.6 Å². The summed E-state index contributed by atoms with van der Waals surface area (Å²) >= 11 is 11.8. The highest BCUT2D eigenvalue weighted by Crippen LogP contribution is 2.25. The Morgan fingerprint density at radius 3 is 2.60 bits per heavy atom. The van der Waals surface area contributed by atoms with Gasteiger partial charge >= 0.3 is 0 Å². The Kier molecular flexibility index (Phi) is 2.93. The molecule has 0 spiro atoms. The first-order valence-electron chi connectivity index (χ1n) is 4.43. The SMILES string of the molecule is Cn1c(CCl)nnc1-c1ccccc1Cl. The third-order valence-corrected chi connectivity index (χ3v) is 2.77. The molecule has 0 unspecified atom stereocenters. The van der Waals surface area contributed by atoms with E-state index >= 15 is 0 Å². The summed E-state index contributed by atoms with van der Waals surface area (Å²) in [6.45, 7) is 0. The number of aromatic nitrogens is 3. The van der Waals surface area contributed by atoms with E-state index in [1.165, 1.54) is 0 Å². The standard InChI is InChI=1S/C10H9Cl2N3/c1-15-9(6-11)13-14-10(15)7-4-2-3-5-8(7)12/h2-5H,6H2,1H3. The maximum Gasteiger partial charge on any atom is 0.165 e. The molecule has 3 nitrogen and oxygen atoms in total. The second-order valence-electron chi connectivity index (χ2n) is 3.11. The third-order valence-electron chi connectivity index (χ3n) is 2.20. The van der Waals surface area contributed by atoms with Gasteiger partial charge in [-0.3, -0.25) is 0 Å². The molecule has 2 rings (SSSR count). The van der Waals surface area contributed by atoms with E-state index in [1.807, 2.05) is 35.9 Å². The van der Waals surface area contributed by atoms with E-state index in [1.54, 1.807) is 0 Å². The molecule has 0 saturated carbocycles. The van der Waals surface area contributed by atoms with Gasteiger partial charge in [0.05, 0.1) is 10.9 Å². The zero-order valence-electron chi connectivity index (χ0n) is 8.11. The van der Waals surface area contributed by atoms with Crippen molar-refractivity contribution in [2.45, 2.75) is 5.88 Å². The molecule has 0 aliphatic carbocycles. The van der Waals surface area contributed by atoms with E-state index in [9.17, 15) is 0 Å². The van der Waals surface area contributed by atoms with E-state index in [0.717, 1.165) is 17.2 Å². The number of nitrogens with zero attached hydrogens (tertiary/aromatic N) is 3. The fraction of sp³-hybridized carbons (Fsp3) is 0.200. The molecule has 15 heavy (non-hydrogen) atoms. The number of rotatable bonds is 2. The van der Waals surface area contributed by atoms with Gasteiger partial charge in [0.15, 0.2) is 5.82 Å². The molecule has 0 amide bonds. The van der Waals surface area contributed by atoms with Gasteiger partial charge in [0.1, 0.15) is 5.82 Å². The van der Waals surface area contributed by atoms with Crippen LogP contribution in [0.1, 0.15) is 5.82 Å². The van der Waals surface area contributed by atoms with E-state index in [0.29, 0.717) is 10.9 Å². The lowest BCUT2D eigenvalue weighted by atomic mass is 10.2. The maximum absolute atomic E-state index is 6.07. The predicted molar refractivity (Wildman–Crippen MR) is 61.0 cm³/mol. The molecule has 0 aliphatic heterocycles. The molecule has 78 valence electrons. The first-order valence-corrected chi connectivity index (χ1v) is 5.34. The van der Waals surface area contributed by atoms with E-state index in [2.05, 4.69) is 10.2 Å². The minimum Gasteiger partial charge on any atom is -0.313 e. The number of alkyl halides is 1. The van der Waals surface area contributed by atoms with Crippen LogP contribution in [0.5, 0.6) is 0 Å². The molecule has 0 N–H and O–H groups in total. The molecule has 0 atom stereocenters. The van der Waals surface area contributed by atoms with E-state index in [4.69, 9.17) is 23.2 Å². The quantitative estimate of drug-likeness (QED) is 0.758. The van der Waals surface area contributed by atoms with Crippen LogP contribution < -0.4 is 0 Å². The Morgan fingerprint density at radius 2 is 2.00 bits per heavy atom. The highest BCUT2D eigenvalue weighted by atomic mass is 35.5. The van der Waals surface area contributed by atoms with Crippen molar-refractivity contribution < 1.29 is 0 Å². The van der Waals surface area contributed by atoms with Gasteiger partial charge in [0.2, 0.25) is 0 Å². The normalized spacial score (nSPS) is 10.6. The zero-order chi connectivity index (χ0) is 10.8. The topological polar surface area (TPSA) is 30.7 Å². The number of hydrogen-bond donors (Lipinski definition) is 0. The lowest BCUT2D eigenvalue weighted by molar-refractivity contribution is 0.853. The third kappa shape index (κ3) is 1.85. The molecule has 5 heteroatoms. The van der Waals surface area contributed by atoms with E-state index < -0.39 is 0 Å².